The van der Waals surface area contributed by atoms with Crippen molar-refractivity contribution < 1.29 is 14.5 Å². The Morgan fingerprint density at radius 2 is 1.59 bits per heavy atom. The smallest absolute Gasteiger partial charge is 0.269 e. The minimum absolute atomic E-state index is 0.0219. The highest BCUT2D eigenvalue weighted by Gasteiger charge is 2.23. The number of nitrogens with zero attached hydrogens (tertiary/aromatic N) is 1. The average Bonchev–Trinajstić information content (AvgIpc) is 2.77. The summed E-state index contributed by atoms with van der Waals surface area (Å²) in [6.07, 6.45) is 0. The average molecular weight is 390 g/mol. The monoisotopic (exact) mass is 390 g/mol. The van der Waals surface area contributed by atoms with Crippen LogP contribution in [-0.2, 0) is 4.79 Å². The lowest BCUT2D eigenvalue weighted by Crippen LogP contribution is -2.32. The summed E-state index contributed by atoms with van der Waals surface area (Å²) in [6.45, 7) is 1.84. The van der Waals surface area contributed by atoms with Crippen molar-refractivity contribution in [2.24, 2.45) is 0 Å². The predicted molar refractivity (Wildman–Crippen MR) is 111 cm³/mol. The number of hydrogen-bond acceptors (Lipinski definition) is 4. The summed E-state index contributed by atoms with van der Waals surface area (Å²) >= 11 is 0. The number of carbonyl (C=O) groups is 1. The molecule has 1 amide bonds. The second kappa shape index (κ2) is 9.01. The molecule has 2 atom stereocenters. The molecule has 0 aromatic heterocycles. The summed E-state index contributed by atoms with van der Waals surface area (Å²) in [6, 6.07) is 22.6. The molecule has 0 fully saturated rings. The summed E-state index contributed by atoms with van der Waals surface area (Å²) < 4.78 is 5.21. The largest absolute Gasteiger partial charge is 0.497 e. The van der Waals surface area contributed by atoms with E-state index < -0.39 is 11.0 Å². The number of nitro benzene ring substituents is 1. The molecule has 0 heterocycles. The van der Waals surface area contributed by atoms with Gasteiger partial charge in [0.25, 0.3) is 5.69 Å². The van der Waals surface area contributed by atoms with Gasteiger partial charge in [0.15, 0.2) is 0 Å². The third-order valence-corrected chi connectivity index (χ3v) is 4.84. The highest BCUT2D eigenvalue weighted by atomic mass is 16.6. The van der Waals surface area contributed by atoms with Gasteiger partial charge in [-0.25, -0.2) is 0 Å². The fourth-order valence-corrected chi connectivity index (χ4v) is 3.13. The maximum absolute atomic E-state index is 13.0. The van der Waals surface area contributed by atoms with Gasteiger partial charge in [0, 0.05) is 12.1 Å². The Bertz CT molecular complexity index is 987. The number of amides is 1. The molecule has 0 saturated carbocycles. The van der Waals surface area contributed by atoms with Crippen molar-refractivity contribution >= 4 is 11.6 Å². The number of methoxy groups -OCH3 is 1. The van der Waals surface area contributed by atoms with E-state index in [-0.39, 0.29) is 17.5 Å². The number of nitro groups is 1. The first-order chi connectivity index (χ1) is 14.0. The highest BCUT2D eigenvalue weighted by molar-refractivity contribution is 5.84. The molecule has 3 aromatic carbocycles. The van der Waals surface area contributed by atoms with Crippen LogP contribution in [0.5, 0.6) is 5.75 Å². The Morgan fingerprint density at radius 3 is 2.21 bits per heavy atom. The van der Waals surface area contributed by atoms with Crippen LogP contribution in [0.3, 0.4) is 0 Å². The van der Waals surface area contributed by atoms with Gasteiger partial charge in [0.1, 0.15) is 5.75 Å². The van der Waals surface area contributed by atoms with E-state index in [9.17, 15) is 14.9 Å². The minimum Gasteiger partial charge on any atom is -0.497 e. The van der Waals surface area contributed by atoms with E-state index in [4.69, 9.17) is 4.74 Å². The second-order valence-corrected chi connectivity index (χ2v) is 6.70. The van der Waals surface area contributed by atoms with Crippen molar-refractivity contribution in [2.45, 2.75) is 18.9 Å². The summed E-state index contributed by atoms with van der Waals surface area (Å²) in [5.74, 6) is 0.162. The highest BCUT2D eigenvalue weighted by Crippen LogP contribution is 2.28. The van der Waals surface area contributed by atoms with Crippen LogP contribution in [0.4, 0.5) is 5.69 Å². The summed E-state index contributed by atoms with van der Waals surface area (Å²) in [4.78, 5) is 23.7. The SMILES string of the molecule is COc1ccc(C(NC(=O)C(C)c2ccccc2)c2cccc([N+](=O)[O-])c2)cc1. The third kappa shape index (κ3) is 4.79. The molecule has 0 radical (unpaired) electrons. The molecule has 2 unspecified atom stereocenters. The maximum atomic E-state index is 13.0. The van der Waals surface area contributed by atoms with Crippen molar-refractivity contribution in [3.8, 4) is 5.75 Å². The molecule has 3 aromatic rings. The third-order valence-electron chi connectivity index (χ3n) is 4.84. The zero-order valence-electron chi connectivity index (χ0n) is 16.2. The number of ether oxygens (including phenoxy) is 1. The zero-order chi connectivity index (χ0) is 20.8. The van der Waals surface area contributed by atoms with Crippen LogP contribution in [0.1, 0.15) is 35.6 Å². The molecular weight excluding hydrogens is 368 g/mol. The van der Waals surface area contributed by atoms with Crippen LogP contribution in [0.25, 0.3) is 0 Å². The van der Waals surface area contributed by atoms with Crippen LogP contribution < -0.4 is 10.1 Å². The van der Waals surface area contributed by atoms with Gasteiger partial charge in [0.2, 0.25) is 5.91 Å². The number of non-ortho nitro benzene ring substituents is 1. The van der Waals surface area contributed by atoms with Gasteiger partial charge in [-0.1, -0.05) is 54.6 Å². The summed E-state index contributed by atoms with van der Waals surface area (Å²) in [5, 5.41) is 14.3. The van der Waals surface area contributed by atoms with E-state index in [1.54, 1.807) is 31.4 Å². The van der Waals surface area contributed by atoms with E-state index in [0.717, 1.165) is 11.1 Å². The summed E-state index contributed by atoms with van der Waals surface area (Å²) in [7, 11) is 1.58. The number of hydrogen-bond donors (Lipinski definition) is 1. The quantitative estimate of drug-likeness (QED) is 0.472. The number of carbonyl (C=O) groups excluding carboxylic acids is 1. The Balaban J connectivity index is 1.95. The van der Waals surface area contributed by atoms with E-state index in [2.05, 4.69) is 5.32 Å². The Morgan fingerprint density at radius 1 is 0.931 bits per heavy atom. The number of rotatable bonds is 7. The van der Waals surface area contributed by atoms with Crippen molar-refractivity contribution in [1.29, 1.82) is 0 Å². The molecular formula is C23H22N2O4. The number of benzene rings is 3. The molecule has 1 N–H and O–H groups in total. The lowest BCUT2D eigenvalue weighted by atomic mass is 9.95. The second-order valence-electron chi connectivity index (χ2n) is 6.70. The van der Waals surface area contributed by atoms with Gasteiger partial charge in [-0.15, -0.1) is 0 Å². The minimum atomic E-state index is -0.528. The molecule has 0 spiro atoms. The molecule has 29 heavy (non-hydrogen) atoms. The molecule has 148 valence electrons. The van der Waals surface area contributed by atoms with Crippen LogP contribution in [0, 0.1) is 10.1 Å². The fourth-order valence-electron chi connectivity index (χ4n) is 3.13. The van der Waals surface area contributed by atoms with E-state index >= 15 is 0 Å². The standard InChI is InChI=1S/C23H22N2O4/c1-16(17-7-4-3-5-8-17)23(26)24-22(18-11-13-21(29-2)14-12-18)19-9-6-10-20(15-19)25(27)28/h3-16,22H,1-2H3,(H,24,26). The Kier molecular flexibility index (Phi) is 6.24. The summed E-state index contributed by atoms with van der Waals surface area (Å²) in [5.41, 5.74) is 2.32. The molecule has 0 bridgehead atoms. The first-order valence-corrected chi connectivity index (χ1v) is 9.23. The first kappa shape index (κ1) is 20.1. The van der Waals surface area contributed by atoms with Crippen molar-refractivity contribution in [2.75, 3.05) is 7.11 Å². The Labute approximate surface area is 169 Å². The van der Waals surface area contributed by atoms with Gasteiger partial charge >= 0.3 is 0 Å². The Hall–Kier alpha value is -3.67. The molecule has 0 aliphatic heterocycles. The fraction of sp³-hybridized carbons (Fsp3) is 0.174. The normalized spacial score (nSPS) is 12.6. The molecule has 0 aliphatic rings. The van der Waals surface area contributed by atoms with Gasteiger partial charge in [-0.3, -0.25) is 14.9 Å². The van der Waals surface area contributed by atoms with Crippen LogP contribution >= 0.6 is 0 Å². The number of nitrogens with one attached hydrogen (secondary N) is 1. The van der Waals surface area contributed by atoms with Crippen molar-refractivity contribution in [3.63, 3.8) is 0 Å². The first-order valence-electron chi connectivity index (χ1n) is 9.23. The van der Waals surface area contributed by atoms with Gasteiger partial charge in [-0.05, 0) is 35.7 Å². The topological polar surface area (TPSA) is 81.5 Å². The molecule has 0 saturated heterocycles. The zero-order valence-corrected chi connectivity index (χ0v) is 16.2. The van der Waals surface area contributed by atoms with E-state index in [0.29, 0.717) is 11.3 Å². The molecule has 3 rings (SSSR count). The van der Waals surface area contributed by atoms with Gasteiger partial charge < -0.3 is 10.1 Å². The van der Waals surface area contributed by atoms with Crippen LogP contribution in [-0.4, -0.2) is 17.9 Å². The van der Waals surface area contributed by atoms with E-state index in [1.165, 1.54) is 12.1 Å². The van der Waals surface area contributed by atoms with Crippen molar-refractivity contribution in [1.82, 2.24) is 5.32 Å². The maximum Gasteiger partial charge on any atom is 0.269 e. The predicted octanol–water partition coefficient (Wildman–Crippen LogP) is 4.61. The van der Waals surface area contributed by atoms with Gasteiger partial charge in [0.05, 0.1) is 24.0 Å². The van der Waals surface area contributed by atoms with Crippen LogP contribution in [0.2, 0.25) is 0 Å². The lowest BCUT2D eigenvalue weighted by Gasteiger charge is -2.22. The van der Waals surface area contributed by atoms with Gasteiger partial charge in [-0.2, -0.15) is 0 Å². The lowest BCUT2D eigenvalue weighted by molar-refractivity contribution is -0.384. The van der Waals surface area contributed by atoms with E-state index in [1.807, 2.05) is 49.4 Å². The molecule has 6 heteroatoms. The van der Waals surface area contributed by atoms with Crippen LogP contribution in [0.15, 0.2) is 78.9 Å². The molecule has 6 nitrogen and oxygen atoms in total. The molecule has 0 aliphatic carbocycles. The van der Waals surface area contributed by atoms with Crippen molar-refractivity contribution in [3.05, 3.63) is 106 Å².